The van der Waals surface area contributed by atoms with Crippen LogP contribution in [0.15, 0.2) is 36.4 Å². The van der Waals surface area contributed by atoms with E-state index in [1.54, 1.807) is 30.3 Å². The van der Waals surface area contributed by atoms with E-state index >= 15 is 0 Å². The topological polar surface area (TPSA) is 84.9 Å². The molecule has 7 nitrogen and oxygen atoms in total. The van der Waals surface area contributed by atoms with Crippen molar-refractivity contribution in [2.75, 3.05) is 30.1 Å². The first-order valence-corrected chi connectivity index (χ1v) is 10.6. The second-order valence-corrected chi connectivity index (χ2v) is 8.49. The quantitative estimate of drug-likeness (QED) is 0.732. The van der Waals surface area contributed by atoms with Crippen molar-refractivity contribution in [3.63, 3.8) is 0 Å². The fourth-order valence-corrected chi connectivity index (χ4v) is 4.02. The molecular weight excluding hydrogens is 404 g/mol. The fourth-order valence-electron chi connectivity index (χ4n) is 2.67. The zero-order chi connectivity index (χ0) is 21.1. The minimum atomic E-state index is -3.82. The fraction of sp³-hybridized carbons (Fsp3) is 0.316. The van der Waals surface area contributed by atoms with Gasteiger partial charge in [-0.15, -0.1) is 0 Å². The Morgan fingerprint density at radius 2 is 1.82 bits per heavy atom. The largest absolute Gasteiger partial charge is 0.497 e. The molecule has 152 valence electrons. The molecule has 0 bridgehead atoms. The number of sulfonamides is 1. The standard InChI is InChI=1S/C19H23ClN2O5S/c1-12-6-7-14(10-16(12)20)21-19(23)13(2)22(28(5,24)25)17-11-15(26-3)8-9-18(17)27-4/h6-11,13H,1-5H3,(H,21,23). The minimum absolute atomic E-state index is 0.203. The average molecular weight is 427 g/mol. The van der Waals surface area contributed by atoms with E-state index in [0.29, 0.717) is 22.2 Å². The van der Waals surface area contributed by atoms with Gasteiger partial charge >= 0.3 is 0 Å². The molecule has 0 saturated carbocycles. The van der Waals surface area contributed by atoms with Crippen LogP contribution in [0.1, 0.15) is 12.5 Å². The van der Waals surface area contributed by atoms with E-state index in [1.165, 1.54) is 27.2 Å². The zero-order valence-corrected chi connectivity index (χ0v) is 17.9. The molecule has 0 radical (unpaired) electrons. The number of carbonyl (C=O) groups is 1. The summed E-state index contributed by atoms with van der Waals surface area (Å²) in [6.07, 6.45) is 1.03. The van der Waals surface area contributed by atoms with Gasteiger partial charge in [0.2, 0.25) is 15.9 Å². The lowest BCUT2D eigenvalue weighted by atomic mass is 10.2. The number of rotatable bonds is 7. The van der Waals surface area contributed by atoms with Crippen molar-refractivity contribution < 1.29 is 22.7 Å². The molecule has 0 heterocycles. The van der Waals surface area contributed by atoms with Gasteiger partial charge in [0.05, 0.1) is 26.2 Å². The Morgan fingerprint density at radius 1 is 1.14 bits per heavy atom. The van der Waals surface area contributed by atoms with Crippen molar-refractivity contribution >= 4 is 38.9 Å². The van der Waals surface area contributed by atoms with E-state index in [2.05, 4.69) is 5.32 Å². The molecule has 0 saturated heterocycles. The molecule has 2 aromatic carbocycles. The number of nitrogens with zero attached hydrogens (tertiary/aromatic N) is 1. The van der Waals surface area contributed by atoms with Crippen LogP contribution in [0.25, 0.3) is 0 Å². The number of benzene rings is 2. The van der Waals surface area contributed by atoms with Gasteiger partial charge in [-0.3, -0.25) is 9.10 Å². The van der Waals surface area contributed by atoms with Crippen LogP contribution in [-0.4, -0.2) is 40.8 Å². The highest BCUT2D eigenvalue weighted by Gasteiger charge is 2.31. The number of methoxy groups -OCH3 is 2. The SMILES string of the molecule is COc1ccc(OC)c(N(C(C)C(=O)Nc2ccc(C)c(Cl)c2)S(C)(=O)=O)c1. The van der Waals surface area contributed by atoms with Crippen LogP contribution >= 0.6 is 11.6 Å². The van der Waals surface area contributed by atoms with E-state index in [1.807, 2.05) is 6.92 Å². The first-order chi connectivity index (χ1) is 13.1. The van der Waals surface area contributed by atoms with Gasteiger partial charge in [0.25, 0.3) is 0 Å². The molecule has 0 aromatic heterocycles. The second kappa shape index (κ2) is 8.70. The summed E-state index contributed by atoms with van der Waals surface area (Å²) < 4.78 is 36.5. The molecule has 1 amide bonds. The molecule has 0 spiro atoms. The first-order valence-electron chi connectivity index (χ1n) is 8.37. The predicted octanol–water partition coefficient (Wildman–Crippen LogP) is 3.46. The first kappa shape index (κ1) is 21.8. The molecule has 1 atom stereocenters. The molecule has 0 fully saturated rings. The van der Waals surface area contributed by atoms with E-state index in [0.717, 1.165) is 16.1 Å². The molecule has 2 aromatic rings. The summed E-state index contributed by atoms with van der Waals surface area (Å²) in [7, 11) is -0.929. The highest BCUT2D eigenvalue weighted by Crippen LogP contribution is 2.35. The molecule has 28 heavy (non-hydrogen) atoms. The number of anilines is 2. The van der Waals surface area contributed by atoms with Crippen LogP contribution in [0.3, 0.4) is 0 Å². The van der Waals surface area contributed by atoms with Crippen molar-refractivity contribution in [1.82, 2.24) is 0 Å². The Kier molecular flexibility index (Phi) is 6.79. The van der Waals surface area contributed by atoms with Gasteiger partial charge in [0, 0.05) is 16.8 Å². The Hall–Kier alpha value is -2.45. The number of ether oxygens (including phenoxy) is 2. The van der Waals surface area contributed by atoms with Gasteiger partial charge in [-0.1, -0.05) is 17.7 Å². The molecule has 0 aliphatic rings. The Morgan fingerprint density at radius 3 is 2.36 bits per heavy atom. The maximum absolute atomic E-state index is 12.8. The number of carbonyl (C=O) groups excluding carboxylic acids is 1. The second-order valence-electron chi connectivity index (χ2n) is 6.23. The summed E-state index contributed by atoms with van der Waals surface area (Å²) in [5.41, 5.74) is 1.54. The van der Waals surface area contributed by atoms with Gasteiger partial charge < -0.3 is 14.8 Å². The van der Waals surface area contributed by atoms with Crippen molar-refractivity contribution in [2.24, 2.45) is 0 Å². The van der Waals surface area contributed by atoms with Gasteiger partial charge in [0.15, 0.2) is 0 Å². The highest BCUT2D eigenvalue weighted by atomic mass is 35.5. The summed E-state index contributed by atoms with van der Waals surface area (Å²) in [6, 6.07) is 8.74. The third kappa shape index (κ3) is 4.88. The zero-order valence-electron chi connectivity index (χ0n) is 16.3. The number of hydrogen-bond donors (Lipinski definition) is 1. The molecule has 0 aliphatic heterocycles. The Labute approximate surface area is 170 Å². The third-order valence-electron chi connectivity index (χ3n) is 4.15. The maximum atomic E-state index is 12.8. The summed E-state index contributed by atoms with van der Waals surface area (Å²) >= 11 is 6.09. The van der Waals surface area contributed by atoms with Crippen molar-refractivity contribution in [2.45, 2.75) is 19.9 Å². The van der Waals surface area contributed by atoms with Crippen LogP contribution in [0.2, 0.25) is 5.02 Å². The van der Waals surface area contributed by atoms with Crippen LogP contribution in [-0.2, 0) is 14.8 Å². The smallest absolute Gasteiger partial charge is 0.247 e. The molecule has 2 rings (SSSR count). The summed E-state index contributed by atoms with van der Waals surface area (Å²) in [5.74, 6) is 0.210. The normalized spacial score (nSPS) is 12.2. The predicted molar refractivity (Wildman–Crippen MR) is 111 cm³/mol. The van der Waals surface area contributed by atoms with E-state index in [4.69, 9.17) is 21.1 Å². The molecule has 0 aliphatic carbocycles. The number of aryl methyl sites for hydroxylation is 1. The minimum Gasteiger partial charge on any atom is -0.497 e. The molecule has 9 heteroatoms. The number of hydrogen-bond acceptors (Lipinski definition) is 5. The van der Waals surface area contributed by atoms with E-state index in [9.17, 15) is 13.2 Å². The van der Waals surface area contributed by atoms with E-state index in [-0.39, 0.29) is 5.69 Å². The molecule has 1 unspecified atom stereocenters. The number of halogens is 1. The highest BCUT2D eigenvalue weighted by molar-refractivity contribution is 7.92. The molecule has 1 N–H and O–H groups in total. The van der Waals surface area contributed by atoms with Crippen LogP contribution in [0, 0.1) is 6.92 Å². The summed E-state index contributed by atoms with van der Waals surface area (Å²) in [5, 5.41) is 3.20. The summed E-state index contributed by atoms with van der Waals surface area (Å²) in [4.78, 5) is 12.8. The summed E-state index contributed by atoms with van der Waals surface area (Å²) in [6.45, 7) is 3.34. The maximum Gasteiger partial charge on any atom is 0.247 e. The van der Waals surface area contributed by atoms with Crippen molar-refractivity contribution in [1.29, 1.82) is 0 Å². The molecular formula is C19H23ClN2O5S. The van der Waals surface area contributed by atoms with Crippen molar-refractivity contribution in [3.05, 3.63) is 47.0 Å². The van der Waals surface area contributed by atoms with Crippen LogP contribution < -0.4 is 19.1 Å². The van der Waals surface area contributed by atoms with Crippen LogP contribution in [0.5, 0.6) is 11.5 Å². The van der Waals surface area contributed by atoms with Crippen molar-refractivity contribution in [3.8, 4) is 11.5 Å². The number of amides is 1. The van der Waals surface area contributed by atoms with E-state index < -0.39 is 22.0 Å². The monoisotopic (exact) mass is 426 g/mol. The Bertz CT molecular complexity index is 978. The van der Waals surface area contributed by atoms with Gasteiger partial charge in [-0.2, -0.15) is 0 Å². The Balaban J connectivity index is 2.43. The van der Waals surface area contributed by atoms with Gasteiger partial charge in [-0.25, -0.2) is 8.42 Å². The average Bonchev–Trinajstić information content (AvgIpc) is 2.63. The third-order valence-corrected chi connectivity index (χ3v) is 5.79. The lowest BCUT2D eigenvalue weighted by Gasteiger charge is -2.29. The number of nitrogens with one attached hydrogen (secondary N) is 1. The lowest BCUT2D eigenvalue weighted by Crippen LogP contribution is -2.45. The van der Waals surface area contributed by atoms with Gasteiger partial charge in [0.1, 0.15) is 17.5 Å². The van der Waals surface area contributed by atoms with Gasteiger partial charge in [-0.05, 0) is 43.7 Å². The lowest BCUT2D eigenvalue weighted by molar-refractivity contribution is -0.116. The van der Waals surface area contributed by atoms with Crippen LogP contribution in [0.4, 0.5) is 11.4 Å².